The minimum absolute atomic E-state index is 0.266. The number of urea groups is 1. The summed E-state index contributed by atoms with van der Waals surface area (Å²) >= 11 is 5.52. The first-order chi connectivity index (χ1) is 7.95. The van der Waals surface area contributed by atoms with Crippen molar-refractivity contribution in [3.05, 3.63) is 0 Å². The third-order valence-corrected chi connectivity index (χ3v) is 2.80. The van der Waals surface area contributed by atoms with Crippen molar-refractivity contribution >= 4 is 29.5 Å². The fourth-order valence-corrected chi connectivity index (χ4v) is 1.64. The zero-order valence-electron chi connectivity index (χ0n) is 9.73. The van der Waals surface area contributed by atoms with Gasteiger partial charge in [-0.25, -0.2) is 4.79 Å². The number of nitrogens with zero attached hydrogens (tertiary/aromatic N) is 1. The summed E-state index contributed by atoms with van der Waals surface area (Å²) < 4.78 is 4.60. The summed E-state index contributed by atoms with van der Waals surface area (Å²) in [7, 11) is 1.31. The van der Waals surface area contributed by atoms with Crippen molar-refractivity contribution in [2.45, 2.75) is 18.7 Å². The number of imide groups is 1. The van der Waals surface area contributed by atoms with Gasteiger partial charge >= 0.3 is 12.0 Å². The number of likely N-dealkylation sites (tertiary alicyclic amines) is 1. The van der Waals surface area contributed by atoms with Crippen molar-refractivity contribution in [3.63, 3.8) is 0 Å². The number of amides is 3. The van der Waals surface area contributed by atoms with Crippen LogP contribution in [0.3, 0.4) is 0 Å². The van der Waals surface area contributed by atoms with Crippen LogP contribution in [-0.4, -0.2) is 48.4 Å². The monoisotopic (exact) mass is 262 g/mol. The summed E-state index contributed by atoms with van der Waals surface area (Å²) in [6.07, 6.45) is 0.546. The number of carbonyl (C=O) groups is 3. The molecule has 3 amide bonds. The normalized spacial score (nSPS) is 20.9. The SMILES string of the molecule is COC(=O)C1CCN(C(=O)NC(=O)C(C)Cl)C1. The van der Waals surface area contributed by atoms with Crippen molar-refractivity contribution in [2.24, 2.45) is 5.92 Å². The van der Waals surface area contributed by atoms with E-state index in [4.69, 9.17) is 11.6 Å². The molecule has 0 spiro atoms. The molecule has 6 nitrogen and oxygen atoms in total. The molecule has 1 aliphatic heterocycles. The maximum absolute atomic E-state index is 11.6. The number of carbonyl (C=O) groups excluding carboxylic acids is 3. The first kappa shape index (κ1) is 13.8. The van der Waals surface area contributed by atoms with Crippen molar-refractivity contribution in [3.8, 4) is 0 Å². The molecule has 0 aromatic heterocycles. The second-order valence-corrected chi connectivity index (χ2v) is 4.52. The molecule has 17 heavy (non-hydrogen) atoms. The lowest BCUT2D eigenvalue weighted by Crippen LogP contribution is -2.44. The number of ether oxygens (including phenoxy) is 1. The smallest absolute Gasteiger partial charge is 0.324 e. The average Bonchev–Trinajstić information content (AvgIpc) is 2.77. The minimum atomic E-state index is -0.766. The Bertz CT molecular complexity index is 332. The zero-order valence-corrected chi connectivity index (χ0v) is 10.5. The lowest BCUT2D eigenvalue weighted by Gasteiger charge is -2.16. The Morgan fingerprint density at radius 1 is 1.47 bits per heavy atom. The second kappa shape index (κ2) is 5.86. The summed E-state index contributed by atoms with van der Waals surface area (Å²) in [4.78, 5) is 35.4. The molecule has 1 heterocycles. The Morgan fingerprint density at radius 2 is 2.12 bits per heavy atom. The van der Waals surface area contributed by atoms with E-state index < -0.39 is 17.3 Å². The van der Waals surface area contributed by atoms with Gasteiger partial charge in [0.15, 0.2) is 0 Å². The van der Waals surface area contributed by atoms with Crippen LogP contribution in [0.25, 0.3) is 0 Å². The fourth-order valence-electron chi connectivity index (χ4n) is 1.59. The van der Waals surface area contributed by atoms with Gasteiger partial charge in [-0.15, -0.1) is 11.6 Å². The summed E-state index contributed by atoms with van der Waals surface area (Å²) in [5.74, 6) is -1.19. The number of alkyl halides is 1. The third kappa shape index (κ3) is 3.59. The lowest BCUT2D eigenvalue weighted by atomic mass is 10.1. The molecular formula is C10H15ClN2O4. The van der Waals surface area contributed by atoms with Gasteiger partial charge in [0, 0.05) is 13.1 Å². The predicted molar refractivity (Wildman–Crippen MR) is 60.5 cm³/mol. The van der Waals surface area contributed by atoms with Crippen LogP contribution in [0.1, 0.15) is 13.3 Å². The molecule has 96 valence electrons. The van der Waals surface area contributed by atoms with Crippen LogP contribution in [0.2, 0.25) is 0 Å². The van der Waals surface area contributed by atoms with E-state index in [0.29, 0.717) is 13.0 Å². The van der Waals surface area contributed by atoms with Gasteiger partial charge in [-0.1, -0.05) is 0 Å². The van der Waals surface area contributed by atoms with Crippen LogP contribution in [-0.2, 0) is 14.3 Å². The first-order valence-corrected chi connectivity index (χ1v) is 5.71. The lowest BCUT2D eigenvalue weighted by molar-refractivity contribution is -0.144. The van der Waals surface area contributed by atoms with Gasteiger partial charge < -0.3 is 9.64 Å². The van der Waals surface area contributed by atoms with Crippen molar-refractivity contribution in [1.29, 1.82) is 0 Å². The molecule has 7 heteroatoms. The summed E-state index contributed by atoms with van der Waals surface area (Å²) in [6.45, 7) is 2.17. The molecule has 1 rings (SSSR count). The molecule has 2 unspecified atom stereocenters. The third-order valence-electron chi connectivity index (χ3n) is 2.60. The highest BCUT2D eigenvalue weighted by Gasteiger charge is 2.32. The first-order valence-electron chi connectivity index (χ1n) is 5.27. The number of esters is 1. The minimum Gasteiger partial charge on any atom is -0.469 e. The summed E-state index contributed by atoms with van der Waals surface area (Å²) in [5.41, 5.74) is 0. The Hall–Kier alpha value is -1.30. The number of hydrogen-bond donors (Lipinski definition) is 1. The molecule has 0 aromatic carbocycles. The highest BCUT2D eigenvalue weighted by molar-refractivity contribution is 6.31. The van der Waals surface area contributed by atoms with Crippen molar-refractivity contribution < 1.29 is 19.1 Å². The molecule has 2 atom stereocenters. The maximum Gasteiger partial charge on any atom is 0.324 e. The average molecular weight is 263 g/mol. The molecule has 0 saturated carbocycles. The van der Waals surface area contributed by atoms with Crippen molar-refractivity contribution in [1.82, 2.24) is 10.2 Å². The Balaban J connectivity index is 2.46. The van der Waals surface area contributed by atoms with E-state index in [9.17, 15) is 14.4 Å². The summed E-state index contributed by atoms with van der Waals surface area (Å²) in [6, 6.07) is -0.520. The van der Waals surface area contributed by atoms with Gasteiger partial charge in [-0.05, 0) is 13.3 Å². The Morgan fingerprint density at radius 3 is 2.65 bits per heavy atom. The summed E-state index contributed by atoms with van der Waals surface area (Å²) in [5, 5.41) is 1.40. The topological polar surface area (TPSA) is 75.7 Å². The quantitative estimate of drug-likeness (QED) is 0.575. The number of methoxy groups -OCH3 is 1. The molecular weight excluding hydrogens is 248 g/mol. The van der Waals surface area contributed by atoms with Gasteiger partial charge in [-0.3, -0.25) is 14.9 Å². The fraction of sp³-hybridized carbons (Fsp3) is 0.700. The highest BCUT2D eigenvalue weighted by atomic mass is 35.5. The van der Waals surface area contributed by atoms with E-state index in [1.165, 1.54) is 18.9 Å². The van der Waals surface area contributed by atoms with Crippen LogP contribution >= 0.6 is 11.6 Å². The van der Waals surface area contributed by atoms with Gasteiger partial charge in [0.1, 0.15) is 5.38 Å². The van der Waals surface area contributed by atoms with Crippen LogP contribution in [0.4, 0.5) is 4.79 Å². The van der Waals surface area contributed by atoms with Crippen LogP contribution in [0.15, 0.2) is 0 Å². The second-order valence-electron chi connectivity index (χ2n) is 3.87. The van der Waals surface area contributed by atoms with Gasteiger partial charge in [0.2, 0.25) is 5.91 Å². The number of hydrogen-bond acceptors (Lipinski definition) is 4. The van der Waals surface area contributed by atoms with Crippen LogP contribution < -0.4 is 5.32 Å². The van der Waals surface area contributed by atoms with E-state index in [2.05, 4.69) is 10.1 Å². The predicted octanol–water partition coefficient (Wildman–Crippen LogP) is 0.345. The van der Waals surface area contributed by atoms with Crippen LogP contribution in [0, 0.1) is 5.92 Å². The Labute approximate surface area is 104 Å². The molecule has 1 N–H and O–H groups in total. The van der Waals surface area contributed by atoms with Crippen molar-refractivity contribution in [2.75, 3.05) is 20.2 Å². The van der Waals surface area contributed by atoms with E-state index >= 15 is 0 Å². The maximum atomic E-state index is 11.6. The molecule has 0 radical (unpaired) electrons. The number of nitrogens with one attached hydrogen (secondary N) is 1. The standard InChI is InChI=1S/C10H15ClN2O4/c1-6(11)8(14)12-10(16)13-4-3-7(5-13)9(15)17-2/h6-7H,3-5H2,1-2H3,(H,12,14,16). The van der Waals surface area contributed by atoms with E-state index in [0.717, 1.165) is 0 Å². The molecule has 0 aliphatic carbocycles. The molecule has 0 bridgehead atoms. The molecule has 1 aliphatic rings. The molecule has 1 saturated heterocycles. The molecule has 1 fully saturated rings. The number of rotatable bonds is 2. The van der Waals surface area contributed by atoms with Gasteiger partial charge in [0.25, 0.3) is 0 Å². The zero-order chi connectivity index (χ0) is 13.0. The van der Waals surface area contributed by atoms with Crippen LogP contribution in [0.5, 0.6) is 0 Å². The number of halogens is 1. The Kier molecular flexibility index (Phi) is 4.74. The van der Waals surface area contributed by atoms with E-state index in [-0.39, 0.29) is 18.4 Å². The van der Waals surface area contributed by atoms with E-state index in [1.54, 1.807) is 0 Å². The van der Waals surface area contributed by atoms with Gasteiger partial charge in [0.05, 0.1) is 13.0 Å². The largest absolute Gasteiger partial charge is 0.469 e. The van der Waals surface area contributed by atoms with E-state index in [1.807, 2.05) is 0 Å². The molecule has 0 aromatic rings. The van der Waals surface area contributed by atoms with Gasteiger partial charge in [-0.2, -0.15) is 0 Å². The highest BCUT2D eigenvalue weighted by Crippen LogP contribution is 2.17.